The van der Waals surface area contributed by atoms with Crippen LogP contribution in [0.2, 0.25) is 0 Å². The van der Waals surface area contributed by atoms with Crippen LogP contribution in [0.25, 0.3) is 0 Å². The molecule has 1 aliphatic rings. The minimum absolute atomic E-state index is 0.505. The second-order valence-electron chi connectivity index (χ2n) is 5.41. The maximum absolute atomic E-state index is 3.73. The summed E-state index contributed by atoms with van der Waals surface area (Å²) >= 11 is 0. The molecule has 0 aliphatic carbocycles. The summed E-state index contributed by atoms with van der Waals surface area (Å²) in [5.74, 6) is 0. The van der Waals surface area contributed by atoms with Crippen LogP contribution in [0, 0.1) is 5.41 Å². The number of benzene rings is 1. The zero-order valence-corrected chi connectivity index (χ0v) is 11.2. The van der Waals surface area contributed by atoms with Crippen LogP contribution >= 0.6 is 0 Å². The first-order valence-corrected chi connectivity index (χ1v) is 7.11. The molecule has 1 aromatic rings. The lowest BCUT2D eigenvalue weighted by molar-refractivity contribution is 0.203. The molecule has 1 nitrogen and oxygen atoms in total. The molecular weight excluding hydrogens is 206 g/mol. The van der Waals surface area contributed by atoms with E-state index in [-0.39, 0.29) is 0 Å². The average Bonchev–Trinajstić information content (AvgIpc) is 2.75. The highest BCUT2D eigenvalue weighted by Crippen LogP contribution is 2.48. The first kappa shape index (κ1) is 12.6. The fraction of sp³-hybridized carbons (Fsp3) is 0.625. The van der Waals surface area contributed by atoms with Crippen LogP contribution in [-0.4, -0.2) is 6.54 Å². The van der Waals surface area contributed by atoms with Crippen LogP contribution < -0.4 is 5.32 Å². The molecule has 1 heteroatoms. The largest absolute Gasteiger partial charge is 0.309 e. The highest BCUT2D eigenvalue weighted by atomic mass is 15.0. The van der Waals surface area contributed by atoms with Gasteiger partial charge in [-0.3, -0.25) is 0 Å². The third-order valence-corrected chi connectivity index (χ3v) is 4.21. The molecule has 1 heterocycles. The summed E-state index contributed by atoms with van der Waals surface area (Å²) in [5, 5.41) is 3.73. The Morgan fingerprint density at radius 1 is 1.12 bits per heavy atom. The number of hydrogen-bond acceptors (Lipinski definition) is 1. The van der Waals surface area contributed by atoms with Gasteiger partial charge in [0.05, 0.1) is 0 Å². The lowest BCUT2D eigenvalue weighted by atomic mass is 9.71. The van der Waals surface area contributed by atoms with E-state index in [2.05, 4.69) is 49.5 Å². The third kappa shape index (κ3) is 2.55. The molecule has 94 valence electrons. The van der Waals surface area contributed by atoms with Crippen LogP contribution in [0.5, 0.6) is 0 Å². The van der Waals surface area contributed by atoms with Gasteiger partial charge in [-0.25, -0.2) is 0 Å². The highest BCUT2D eigenvalue weighted by Gasteiger charge is 2.41. The van der Waals surface area contributed by atoms with Crippen LogP contribution in [0.4, 0.5) is 0 Å². The van der Waals surface area contributed by atoms with Gasteiger partial charge in [-0.1, -0.05) is 57.0 Å². The van der Waals surface area contributed by atoms with E-state index < -0.39 is 0 Å². The standard InChI is InChI=1S/C16H25N/c1-3-10-16(11-4-2)12-13-17-15(16)14-8-6-5-7-9-14/h5-9,15,17H,3-4,10-13H2,1-2H3. The molecule has 1 atom stereocenters. The van der Waals surface area contributed by atoms with Gasteiger partial charge in [0, 0.05) is 6.04 Å². The van der Waals surface area contributed by atoms with E-state index >= 15 is 0 Å². The molecule has 0 saturated carbocycles. The Morgan fingerprint density at radius 2 is 1.76 bits per heavy atom. The van der Waals surface area contributed by atoms with Crippen molar-refractivity contribution in [1.29, 1.82) is 0 Å². The van der Waals surface area contributed by atoms with Crippen molar-refractivity contribution in [3.05, 3.63) is 35.9 Å². The Morgan fingerprint density at radius 3 is 2.35 bits per heavy atom. The molecule has 1 aromatic carbocycles. The van der Waals surface area contributed by atoms with Gasteiger partial charge in [-0.2, -0.15) is 0 Å². The molecule has 1 fully saturated rings. The van der Waals surface area contributed by atoms with E-state index in [1.807, 2.05) is 0 Å². The molecule has 1 N–H and O–H groups in total. The van der Waals surface area contributed by atoms with E-state index in [4.69, 9.17) is 0 Å². The quantitative estimate of drug-likeness (QED) is 0.796. The van der Waals surface area contributed by atoms with Crippen molar-refractivity contribution in [2.24, 2.45) is 5.41 Å². The molecule has 0 radical (unpaired) electrons. The fourth-order valence-corrected chi connectivity index (χ4v) is 3.60. The van der Waals surface area contributed by atoms with Crippen molar-refractivity contribution < 1.29 is 0 Å². The van der Waals surface area contributed by atoms with Crippen molar-refractivity contribution in [3.63, 3.8) is 0 Å². The second kappa shape index (κ2) is 5.68. The average molecular weight is 231 g/mol. The minimum Gasteiger partial charge on any atom is -0.309 e. The van der Waals surface area contributed by atoms with Gasteiger partial charge in [-0.15, -0.1) is 0 Å². The molecule has 1 saturated heterocycles. The summed E-state index contributed by atoms with van der Waals surface area (Å²) < 4.78 is 0. The Kier molecular flexibility index (Phi) is 4.22. The lowest BCUT2D eigenvalue weighted by Crippen LogP contribution is -2.29. The summed E-state index contributed by atoms with van der Waals surface area (Å²) in [7, 11) is 0. The summed E-state index contributed by atoms with van der Waals surface area (Å²) in [5.41, 5.74) is 1.98. The summed E-state index contributed by atoms with van der Waals surface area (Å²) in [4.78, 5) is 0. The van der Waals surface area contributed by atoms with Gasteiger partial charge < -0.3 is 5.32 Å². The number of nitrogens with one attached hydrogen (secondary N) is 1. The summed E-state index contributed by atoms with van der Waals surface area (Å²) in [6, 6.07) is 11.6. The van der Waals surface area contributed by atoms with Gasteiger partial charge in [0.2, 0.25) is 0 Å². The van der Waals surface area contributed by atoms with Crippen LogP contribution in [0.15, 0.2) is 30.3 Å². The van der Waals surface area contributed by atoms with E-state index in [1.54, 1.807) is 0 Å². The Balaban J connectivity index is 2.25. The van der Waals surface area contributed by atoms with Gasteiger partial charge in [0.15, 0.2) is 0 Å². The summed E-state index contributed by atoms with van der Waals surface area (Å²) in [6.07, 6.45) is 6.64. The van der Waals surface area contributed by atoms with E-state index in [0.717, 1.165) is 0 Å². The lowest BCUT2D eigenvalue weighted by Gasteiger charge is -2.35. The Hall–Kier alpha value is -0.820. The predicted octanol–water partition coefficient (Wildman–Crippen LogP) is 4.31. The molecule has 0 aromatic heterocycles. The number of rotatable bonds is 5. The molecule has 1 aliphatic heterocycles. The highest BCUT2D eigenvalue weighted by molar-refractivity contribution is 5.23. The zero-order chi connectivity index (χ0) is 12.1. The predicted molar refractivity (Wildman–Crippen MR) is 74.1 cm³/mol. The molecule has 0 amide bonds. The van der Waals surface area contributed by atoms with E-state index in [9.17, 15) is 0 Å². The Bertz CT molecular complexity index is 325. The molecular formula is C16H25N. The van der Waals surface area contributed by atoms with Crippen molar-refractivity contribution in [2.75, 3.05) is 6.54 Å². The van der Waals surface area contributed by atoms with Crippen molar-refractivity contribution in [2.45, 2.75) is 52.0 Å². The monoisotopic (exact) mass is 231 g/mol. The maximum Gasteiger partial charge on any atom is 0.0377 e. The first-order valence-electron chi connectivity index (χ1n) is 7.11. The third-order valence-electron chi connectivity index (χ3n) is 4.21. The van der Waals surface area contributed by atoms with Crippen molar-refractivity contribution in [1.82, 2.24) is 5.32 Å². The van der Waals surface area contributed by atoms with Crippen molar-refractivity contribution in [3.8, 4) is 0 Å². The van der Waals surface area contributed by atoms with Gasteiger partial charge >= 0.3 is 0 Å². The van der Waals surface area contributed by atoms with Gasteiger partial charge in [0.25, 0.3) is 0 Å². The zero-order valence-electron chi connectivity index (χ0n) is 11.2. The molecule has 0 spiro atoms. The smallest absolute Gasteiger partial charge is 0.0377 e. The molecule has 1 unspecified atom stereocenters. The molecule has 17 heavy (non-hydrogen) atoms. The normalized spacial score (nSPS) is 22.8. The second-order valence-corrected chi connectivity index (χ2v) is 5.41. The van der Waals surface area contributed by atoms with Gasteiger partial charge in [0.1, 0.15) is 0 Å². The topological polar surface area (TPSA) is 12.0 Å². The van der Waals surface area contributed by atoms with E-state index in [1.165, 1.54) is 44.2 Å². The minimum atomic E-state index is 0.505. The van der Waals surface area contributed by atoms with Crippen LogP contribution in [-0.2, 0) is 0 Å². The van der Waals surface area contributed by atoms with Gasteiger partial charge in [-0.05, 0) is 36.8 Å². The molecule has 0 bridgehead atoms. The molecule has 2 rings (SSSR count). The van der Waals surface area contributed by atoms with E-state index in [0.29, 0.717) is 11.5 Å². The van der Waals surface area contributed by atoms with Crippen LogP contribution in [0.1, 0.15) is 57.6 Å². The Labute approximate surface area is 106 Å². The van der Waals surface area contributed by atoms with Crippen LogP contribution in [0.3, 0.4) is 0 Å². The summed E-state index contributed by atoms with van der Waals surface area (Å²) in [6.45, 7) is 5.81. The van der Waals surface area contributed by atoms with Crippen molar-refractivity contribution >= 4 is 0 Å². The first-order chi connectivity index (χ1) is 8.32. The maximum atomic E-state index is 3.73. The number of hydrogen-bond donors (Lipinski definition) is 1. The SMILES string of the molecule is CCCC1(CCC)CCNC1c1ccccc1. The fourth-order valence-electron chi connectivity index (χ4n) is 3.60.